The number of carbonyl (C=O) groups is 1. The normalized spacial score (nSPS) is 20.8. The molecule has 1 aliphatic carbocycles. The number of hydrogen-bond acceptors (Lipinski definition) is 2. The molecule has 0 aromatic carbocycles. The molecule has 2 heteroatoms. The van der Waals surface area contributed by atoms with Gasteiger partial charge in [-0.3, -0.25) is 0 Å². The Morgan fingerprint density at radius 2 is 1.60 bits per heavy atom. The van der Waals surface area contributed by atoms with E-state index in [4.69, 9.17) is 0 Å². The lowest BCUT2D eigenvalue weighted by molar-refractivity contribution is -0.108. The average Bonchev–Trinajstić information content (AvgIpc) is 2.53. The highest BCUT2D eigenvalue weighted by molar-refractivity contribution is 5.49. The number of nitrogens with zero attached hydrogens (tertiary/aromatic N) is 1. The van der Waals surface area contributed by atoms with Crippen LogP contribution in [0.1, 0.15) is 70.6 Å². The first-order valence-electron chi connectivity index (χ1n) is 8.63. The maximum absolute atomic E-state index is 10.0. The molecule has 2 aliphatic rings. The summed E-state index contributed by atoms with van der Waals surface area (Å²) in [6.45, 7) is 7.13. The molecule has 0 radical (unpaired) electrons. The van der Waals surface area contributed by atoms with E-state index < -0.39 is 0 Å². The van der Waals surface area contributed by atoms with Gasteiger partial charge in [0, 0.05) is 13.0 Å². The molecule has 0 aromatic heterocycles. The van der Waals surface area contributed by atoms with E-state index in [0.29, 0.717) is 6.42 Å². The Bertz CT molecular complexity index is 214. The van der Waals surface area contributed by atoms with Crippen molar-refractivity contribution in [2.75, 3.05) is 19.6 Å². The number of allylic oxidation sites excluding steroid dienone is 1. The van der Waals surface area contributed by atoms with Crippen LogP contribution >= 0.6 is 0 Å². The number of rotatable bonds is 6. The van der Waals surface area contributed by atoms with Crippen LogP contribution < -0.4 is 0 Å². The van der Waals surface area contributed by atoms with E-state index in [1.54, 1.807) is 0 Å². The van der Waals surface area contributed by atoms with E-state index in [1.807, 2.05) is 0 Å². The van der Waals surface area contributed by atoms with Crippen LogP contribution in [0.25, 0.3) is 0 Å². The SMILES string of the molecule is C=CCCC1CCCCC1.O=CCCN1CCCCC1. The Labute approximate surface area is 125 Å². The van der Waals surface area contributed by atoms with Gasteiger partial charge >= 0.3 is 0 Å². The third-order valence-electron chi connectivity index (χ3n) is 4.52. The summed E-state index contributed by atoms with van der Waals surface area (Å²) in [4.78, 5) is 12.4. The molecule has 1 heterocycles. The van der Waals surface area contributed by atoms with Crippen LogP contribution in [0, 0.1) is 5.92 Å². The highest BCUT2D eigenvalue weighted by Crippen LogP contribution is 2.27. The summed E-state index contributed by atoms with van der Waals surface area (Å²) in [6.07, 6.45) is 17.8. The largest absolute Gasteiger partial charge is 0.303 e. The van der Waals surface area contributed by atoms with Gasteiger partial charge in [-0.1, -0.05) is 44.6 Å². The molecule has 1 saturated carbocycles. The number of piperidine rings is 1. The molecule has 0 unspecified atom stereocenters. The van der Waals surface area contributed by atoms with E-state index in [2.05, 4.69) is 17.6 Å². The Hall–Kier alpha value is -0.630. The molecular formula is C18H33NO. The maximum atomic E-state index is 10.0. The molecule has 20 heavy (non-hydrogen) atoms. The third-order valence-corrected chi connectivity index (χ3v) is 4.52. The summed E-state index contributed by atoms with van der Waals surface area (Å²) in [5, 5.41) is 0. The molecule has 2 rings (SSSR count). The predicted molar refractivity (Wildman–Crippen MR) is 87.0 cm³/mol. The average molecular weight is 279 g/mol. The van der Waals surface area contributed by atoms with Crippen LogP contribution in [0.3, 0.4) is 0 Å². The molecule has 116 valence electrons. The van der Waals surface area contributed by atoms with Gasteiger partial charge in [0.2, 0.25) is 0 Å². The van der Waals surface area contributed by atoms with E-state index >= 15 is 0 Å². The Morgan fingerprint density at radius 3 is 2.20 bits per heavy atom. The second-order valence-electron chi connectivity index (χ2n) is 6.23. The number of hydrogen-bond donors (Lipinski definition) is 0. The Balaban J connectivity index is 0.000000200. The standard InChI is InChI=1S/C10H18.C8H15NO/c1-2-3-7-10-8-5-4-6-9-10;10-8-4-7-9-5-2-1-3-6-9/h2,10H,1,3-9H2;8H,1-7H2. The van der Waals surface area contributed by atoms with Crippen molar-refractivity contribution >= 4 is 6.29 Å². The van der Waals surface area contributed by atoms with Gasteiger partial charge in [-0.2, -0.15) is 0 Å². The topological polar surface area (TPSA) is 20.3 Å². The monoisotopic (exact) mass is 279 g/mol. The zero-order chi connectivity index (χ0) is 14.5. The second kappa shape index (κ2) is 12.1. The third kappa shape index (κ3) is 8.52. The van der Waals surface area contributed by atoms with Crippen molar-refractivity contribution in [1.82, 2.24) is 4.90 Å². The smallest absolute Gasteiger partial charge is 0.121 e. The van der Waals surface area contributed by atoms with Crippen molar-refractivity contribution in [2.24, 2.45) is 5.92 Å². The van der Waals surface area contributed by atoms with Gasteiger partial charge in [-0.25, -0.2) is 0 Å². The van der Waals surface area contributed by atoms with Crippen LogP contribution in [0.15, 0.2) is 12.7 Å². The van der Waals surface area contributed by atoms with Gasteiger partial charge in [0.05, 0.1) is 0 Å². The van der Waals surface area contributed by atoms with Crippen LogP contribution in [-0.4, -0.2) is 30.8 Å². The molecule has 2 nitrogen and oxygen atoms in total. The summed E-state index contributed by atoms with van der Waals surface area (Å²) < 4.78 is 0. The van der Waals surface area contributed by atoms with Crippen molar-refractivity contribution in [3.05, 3.63) is 12.7 Å². The van der Waals surface area contributed by atoms with Gasteiger partial charge in [0.1, 0.15) is 6.29 Å². The fourth-order valence-corrected chi connectivity index (χ4v) is 3.25. The highest BCUT2D eigenvalue weighted by Gasteiger charge is 2.11. The molecule has 0 N–H and O–H groups in total. The number of carbonyl (C=O) groups excluding carboxylic acids is 1. The van der Waals surface area contributed by atoms with Crippen molar-refractivity contribution in [3.63, 3.8) is 0 Å². The molecule has 0 amide bonds. The quantitative estimate of drug-likeness (QED) is 0.523. The van der Waals surface area contributed by atoms with Gasteiger partial charge < -0.3 is 9.69 Å². The first-order chi connectivity index (χ1) is 9.86. The van der Waals surface area contributed by atoms with E-state index in [1.165, 1.54) is 77.3 Å². The van der Waals surface area contributed by atoms with Crippen molar-refractivity contribution in [1.29, 1.82) is 0 Å². The number of likely N-dealkylation sites (tertiary alicyclic amines) is 1. The first kappa shape index (κ1) is 17.4. The highest BCUT2D eigenvalue weighted by atomic mass is 16.1. The first-order valence-corrected chi connectivity index (χ1v) is 8.63. The fourth-order valence-electron chi connectivity index (χ4n) is 3.25. The predicted octanol–water partition coefficient (Wildman–Crippen LogP) is 4.59. The fraction of sp³-hybridized carbons (Fsp3) is 0.833. The molecule has 0 aromatic rings. The lowest BCUT2D eigenvalue weighted by Crippen LogP contribution is -2.30. The maximum Gasteiger partial charge on any atom is 0.121 e. The van der Waals surface area contributed by atoms with E-state index in [-0.39, 0.29) is 0 Å². The summed E-state index contributed by atoms with van der Waals surface area (Å²) in [5.74, 6) is 1.03. The minimum Gasteiger partial charge on any atom is -0.303 e. The molecular weight excluding hydrogens is 246 g/mol. The minimum atomic E-state index is 0.708. The van der Waals surface area contributed by atoms with Crippen LogP contribution in [0.5, 0.6) is 0 Å². The zero-order valence-corrected chi connectivity index (χ0v) is 13.2. The molecule has 0 atom stereocenters. The van der Waals surface area contributed by atoms with Crippen LogP contribution in [0.4, 0.5) is 0 Å². The van der Waals surface area contributed by atoms with E-state index in [0.717, 1.165) is 18.7 Å². The van der Waals surface area contributed by atoms with Gasteiger partial charge in [-0.05, 0) is 44.7 Å². The molecule has 1 saturated heterocycles. The van der Waals surface area contributed by atoms with Gasteiger partial charge in [-0.15, -0.1) is 6.58 Å². The summed E-state index contributed by atoms with van der Waals surface area (Å²) >= 11 is 0. The second-order valence-corrected chi connectivity index (χ2v) is 6.23. The Morgan fingerprint density at radius 1 is 0.950 bits per heavy atom. The Kier molecular flexibility index (Phi) is 10.6. The molecule has 0 bridgehead atoms. The van der Waals surface area contributed by atoms with Crippen molar-refractivity contribution in [2.45, 2.75) is 70.6 Å². The number of aldehydes is 1. The van der Waals surface area contributed by atoms with Crippen molar-refractivity contribution in [3.8, 4) is 0 Å². The van der Waals surface area contributed by atoms with Gasteiger partial charge in [0.25, 0.3) is 0 Å². The lowest BCUT2D eigenvalue weighted by Gasteiger charge is -2.25. The summed E-state index contributed by atoms with van der Waals surface area (Å²) in [5.41, 5.74) is 0. The van der Waals surface area contributed by atoms with Crippen LogP contribution in [-0.2, 0) is 4.79 Å². The van der Waals surface area contributed by atoms with Crippen LogP contribution in [0.2, 0.25) is 0 Å². The molecule has 0 spiro atoms. The van der Waals surface area contributed by atoms with Gasteiger partial charge in [0.15, 0.2) is 0 Å². The van der Waals surface area contributed by atoms with E-state index in [9.17, 15) is 4.79 Å². The van der Waals surface area contributed by atoms with Crippen molar-refractivity contribution < 1.29 is 4.79 Å². The summed E-state index contributed by atoms with van der Waals surface area (Å²) in [7, 11) is 0. The molecule has 2 fully saturated rings. The lowest BCUT2D eigenvalue weighted by atomic mass is 9.86. The zero-order valence-electron chi connectivity index (χ0n) is 13.2. The minimum absolute atomic E-state index is 0.708. The summed E-state index contributed by atoms with van der Waals surface area (Å²) in [6, 6.07) is 0. The molecule has 1 aliphatic heterocycles.